The van der Waals surface area contributed by atoms with Crippen LogP contribution >= 0.6 is 0 Å². The molecule has 2 aliphatic rings. The van der Waals surface area contributed by atoms with Crippen LogP contribution in [0.15, 0.2) is 49.1 Å². The highest BCUT2D eigenvalue weighted by Gasteiger charge is 2.43. The van der Waals surface area contributed by atoms with Gasteiger partial charge in [-0.25, -0.2) is 14.6 Å². The van der Waals surface area contributed by atoms with Crippen LogP contribution in [0.1, 0.15) is 28.8 Å². The first kappa shape index (κ1) is 19.1. The van der Waals surface area contributed by atoms with Crippen molar-refractivity contribution in [2.75, 3.05) is 25.1 Å². The molecule has 3 aromatic rings. The zero-order valence-electron chi connectivity index (χ0n) is 17.0. The molecule has 2 saturated heterocycles. The number of carbonyl (C=O) groups is 1. The van der Waals surface area contributed by atoms with E-state index >= 15 is 0 Å². The molecule has 0 aromatic carbocycles. The van der Waals surface area contributed by atoms with Crippen LogP contribution in [0.4, 0.5) is 5.82 Å². The number of methoxy groups -OCH3 is 1. The van der Waals surface area contributed by atoms with E-state index in [0.29, 0.717) is 41.6 Å². The third-order valence-corrected chi connectivity index (χ3v) is 5.96. The number of nitriles is 1. The van der Waals surface area contributed by atoms with Gasteiger partial charge in [-0.15, -0.1) is 0 Å². The van der Waals surface area contributed by atoms with Crippen LogP contribution < -0.4 is 9.64 Å². The van der Waals surface area contributed by atoms with E-state index in [1.54, 1.807) is 60.8 Å². The number of anilines is 1. The van der Waals surface area contributed by atoms with Crippen molar-refractivity contribution in [1.29, 1.82) is 5.26 Å². The summed E-state index contributed by atoms with van der Waals surface area (Å²) in [5.74, 6) is 1.65. The quantitative estimate of drug-likeness (QED) is 0.643. The number of hydrogen-bond acceptors (Lipinski definition) is 7. The number of likely N-dealkylation sites (tertiary alicyclic amines) is 1. The summed E-state index contributed by atoms with van der Waals surface area (Å²) in [7, 11) is 1.56. The number of ether oxygens (including phenoxy) is 1. The summed E-state index contributed by atoms with van der Waals surface area (Å²) in [5.41, 5.74) is 0.992. The molecule has 0 saturated carbocycles. The molecule has 0 spiro atoms. The number of pyridine rings is 2. The molecule has 156 valence electrons. The van der Waals surface area contributed by atoms with E-state index in [1.165, 1.54) is 0 Å². The molecular weight excluding hydrogens is 394 g/mol. The average Bonchev–Trinajstić information content (AvgIpc) is 3.44. The van der Waals surface area contributed by atoms with Crippen LogP contribution in [-0.2, 0) is 0 Å². The normalized spacial score (nSPS) is 19.9. The molecule has 3 aromatic heterocycles. The summed E-state index contributed by atoms with van der Waals surface area (Å²) in [6.45, 7) is 1.15. The Morgan fingerprint density at radius 3 is 2.55 bits per heavy atom. The Morgan fingerprint density at radius 1 is 1.10 bits per heavy atom. The van der Waals surface area contributed by atoms with Gasteiger partial charge in [-0.05, 0) is 37.1 Å². The van der Waals surface area contributed by atoms with Gasteiger partial charge in [-0.3, -0.25) is 4.79 Å². The molecule has 9 heteroatoms. The van der Waals surface area contributed by atoms with Crippen LogP contribution in [-0.4, -0.2) is 62.8 Å². The van der Waals surface area contributed by atoms with E-state index in [2.05, 4.69) is 26.0 Å². The van der Waals surface area contributed by atoms with E-state index in [0.717, 1.165) is 12.8 Å². The van der Waals surface area contributed by atoms with Gasteiger partial charge in [0, 0.05) is 50.0 Å². The summed E-state index contributed by atoms with van der Waals surface area (Å²) in [6.07, 6.45) is 8.65. The van der Waals surface area contributed by atoms with Gasteiger partial charge in [-0.2, -0.15) is 10.4 Å². The Labute approximate surface area is 179 Å². The highest BCUT2D eigenvalue weighted by Crippen LogP contribution is 2.39. The van der Waals surface area contributed by atoms with Crippen molar-refractivity contribution in [2.45, 2.75) is 24.9 Å². The van der Waals surface area contributed by atoms with Crippen molar-refractivity contribution < 1.29 is 9.53 Å². The third kappa shape index (κ3) is 3.17. The number of hydrogen-bond donors (Lipinski definition) is 0. The second-order valence-electron chi connectivity index (χ2n) is 7.65. The van der Waals surface area contributed by atoms with Gasteiger partial charge in [0.05, 0.1) is 18.2 Å². The Kier molecular flexibility index (Phi) is 4.75. The fourth-order valence-corrected chi connectivity index (χ4v) is 4.64. The summed E-state index contributed by atoms with van der Waals surface area (Å²) < 4.78 is 7.13. The van der Waals surface area contributed by atoms with E-state index in [1.807, 2.05) is 4.90 Å². The standard InChI is InChI=1S/C22H21N7O2/c1-31-19-15(12-23)7-10-25-21(19)29-16-5-6-17(29)14-27(13-16)22(30)18-4-2-8-24-20(18)28-11-3-9-26-28/h2-4,7-11,16-17H,5-6,13-14H2,1H3. The Balaban J connectivity index is 1.43. The lowest BCUT2D eigenvalue weighted by Crippen LogP contribution is -2.56. The maximum atomic E-state index is 13.4. The van der Waals surface area contributed by atoms with E-state index < -0.39 is 0 Å². The van der Waals surface area contributed by atoms with Crippen molar-refractivity contribution in [2.24, 2.45) is 0 Å². The number of nitrogens with zero attached hydrogens (tertiary/aromatic N) is 7. The first-order valence-electron chi connectivity index (χ1n) is 10.2. The van der Waals surface area contributed by atoms with E-state index in [-0.39, 0.29) is 18.0 Å². The van der Waals surface area contributed by atoms with Gasteiger partial charge in [0.25, 0.3) is 5.91 Å². The van der Waals surface area contributed by atoms with Gasteiger partial charge < -0.3 is 14.5 Å². The smallest absolute Gasteiger partial charge is 0.257 e. The van der Waals surface area contributed by atoms with Gasteiger partial charge in [0.2, 0.25) is 0 Å². The molecule has 2 fully saturated rings. The second kappa shape index (κ2) is 7.72. The summed E-state index contributed by atoms with van der Waals surface area (Å²) in [4.78, 5) is 26.5. The minimum atomic E-state index is -0.0548. The van der Waals surface area contributed by atoms with Crippen LogP contribution in [0.5, 0.6) is 5.75 Å². The Hall–Kier alpha value is -3.93. The molecule has 0 N–H and O–H groups in total. The van der Waals surface area contributed by atoms with Gasteiger partial charge in [0.15, 0.2) is 17.4 Å². The monoisotopic (exact) mass is 415 g/mol. The second-order valence-corrected chi connectivity index (χ2v) is 7.65. The number of carbonyl (C=O) groups excluding carboxylic acids is 1. The molecule has 31 heavy (non-hydrogen) atoms. The zero-order valence-corrected chi connectivity index (χ0v) is 17.0. The molecule has 1 amide bonds. The van der Waals surface area contributed by atoms with Crippen molar-refractivity contribution in [1.82, 2.24) is 24.6 Å². The molecule has 5 rings (SSSR count). The molecule has 5 heterocycles. The number of piperazine rings is 1. The van der Waals surface area contributed by atoms with Crippen LogP contribution in [0.2, 0.25) is 0 Å². The van der Waals surface area contributed by atoms with Gasteiger partial charge in [-0.1, -0.05) is 0 Å². The molecule has 2 unspecified atom stereocenters. The van der Waals surface area contributed by atoms with Gasteiger partial charge >= 0.3 is 0 Å². The summed E-state index contributed by atoms with van der Waals surface area (Å²) in [5, 5.41) is 13.7. The topological polar surface area (TPSA) is 100 Å². The van der Waals surface area contributed by atoms with Crippen molar-refractivity contribution in [3.05, 3.63) is 60.2 Å². The minimum absolute atomic E-state index is 0.0548. The number of rotatable bonds is 4. The average molecular weight is 415 g/mol. The first-order valence-corrected chi connectivity index (χ1v) is 10.2. The largest absolute Gasteiger partial charge is 0.492 e. The lowest BCUT2D eigenvalue weighted by molar-refractivity contribution is 0.0716. The fourth-order valence-electron chi connectivity index (χ4n) is 4.64. The highest BCUT2D eigenvalue weighted by molar-refractivity contribution is 5.97. The maximum Gasteiger partial charge on any atom is 0.257 e. The van der Waals surface area contributed by atoms with Gasteiger partial charge in [0.1, 0.15) is 6.07 Å². The van der Waals surface area contributed by atoms with E-state index in [4.69, 9.17) is 4.74 Å². The lowest BCUT2D eigenvalue weighted by atomic mass is 10.1. The minimum Gasteiger partial charge on any atom is -0.492 e. The third-order valence-electron chi connectivity index (χ3n) is 5.96. The Morgan fingerprint density at radius 2 is 1.87 bits per heavy atom. The summed E-state index contributed by atoms with van der Waals surface area (Å²) in [6, 6.07) is 9.42. The SMILES string of the molecule is COc1c(C#N)ccnc1N1C2CCC1CN(C(=O)c1cccnc1-n1cccn1)C2. The van der Waals surface area contributed by atoms with Crippen LogP contribution in [0.25, 0.3) is 5.82 Å². The fraction of sp³-hybridized carbons (Fsp3) is 0.318. The molecule has 0 aliphatic carbocycles. The van der Waals surface area contributed by atoms with E-state index in [9.17, 15) is 10.1 Å². The zero-order chi connectivity index (χ0) is 21.4. The molecule has 0 radical (unpaired) electrons. The molecular formula is C22H21N7O2. The molecule has 2 bridgehead atoms. The van der Waals surface area contributed by atoms with Crippen molar-refractivity contribution >= 4 is 11.7 Å². The van der Waals surface area contributed by atoms with Crippen LogP contribution in [0, 0.1) is 11.3 Å². The predicted molar refractivity (Wildman–Crippen MR) is 112 cm³/mol. The highest BCUT2D eigenvalue weighted by atomic mass is 16.5. The first-order chi connectivity index (χ1) is 15.2. The molecule has 9 nitrogen and oxygen atoms in total. The molecule has 2 atom stereocenters. The van der Waals surface area contributed by atoms with Crippen molar-refractivity contribution in [3.63, 3.8) is 0 Å². The van der Waals surface area contributed by atoms with Crippen LogP contribution in [0.3, 0.4) is 0 Å². The molecule has 2 aliphatic heterocycles. The summed E-state index contributed by atoms with van der Waals surface area (Å²) >= 11 is 0. The lowest BCUT2D eigenvalue weighted by Gasteiger charge is -2.42. The number of fused-ring (bicyclic) bond motifs is 2. The number of aromatic nitrogens is 4. The number of amides is 1. The maximum absolute atomic E-state index is 13.4. The Bertz CT molecular complexity index is 1140. The van der Waals surface area contributed by atoms with Crippen molar-refractivity contribution in [3.8, 4) is 17.6 Å². The predicted octanol–water partition coefficient (Wildman–Crippen LogP) is 2.04.